The fraction of sp³-hybridized carbons (Fsp3) is 0.360. The molecule has 4 rings (SSSR count). The van der Waals surface area contributed by atoms with E-state index in [4.69, 9.17) is 11.6 Å². The van der Waals surface area contributed by atoms with Gasteiger partial charge in [0.25, 0.3) is 5.91 Å². The third kappa shape index (κ3) is 5.28. The van der Waals surface area contributed by atoms with Crippen LogP contribution in [-0.4, -0.2) is 43.8 Å². The molecule has 1 aliphatic heterocycles. The smallest absolute Gasteiger partial charge is 0.254 e. The van der Waals surface area contributed by atoms with Crippen molar-refractivity contribution < 1.29 is 9.59 Å². The number of hydrogen-bond acceptors (Lipinski definition) is 5. The maximum Gasteiger partial charge on any atom is 0.254 e. The first-order valence-electron chi connectivity index (χ1n) is 11.4. The van der Waals surface area contributed by atoms with Crippen LogP contribution >= 0.6 is 23.4 Å². The molecule has 3 aromatic rings. The van der Waals surface area contributed by atoms with Crippen LogP contribution < -0.4 is 5.32 Å². The highest BCUT2D eigenvalue weighted by molar-refractivity contribution is 7.99. The Bertz CT molecular complexity index is 1190. The molecule has 2 aromatic carbocycles. The summed E-state index contributed by atoms with van der Waals surface area (Å²) >= 11 is 7.33. The quantitative estimate of drug-likeness (QED) is 0.449. The van der Waals surface area contributed by atoms with Crippen molar-refractivity contribution in [2.75, 3.05) is 17.6 Å². The molecule has 0 saturated carbocycles. The Kier molecular flexibility index (Phi) is 7.58. The number of rotatable bonds is 7. The van der Waals surface area contributed by atoms with Gasteiger partial charge in [-0.1, -0.05) is 29.4 Å². The van der Waals surface area contributed by atoms with Crippen LogP contribution in [0.15, 0.2) is 47.6 Å². The Morgan fingerprint density at radius 3 is 2.59 bits per heavy atom. The number of carbonyl (C=O) groups excluding carboxylic acids is 2. The summed E-state index contributed by atoms with van der Waals surface area (Å²) in [5, 5.41) is 13.0. The van der Waals surface area contributed by atoms with E-state index in [1.54, 1.807) is 24.3 Å². The predicted molar refractivity (Wildman–Crippen MR) is 135 cm³/mol. The molecular weight excluding hydrogens is 470 g/mol. The van der Waals surface area contributed by atoms with Crippen molar-refractivity contribution in [3.63, 3.8) is 0 Å². The lowest BCUT2D eigenvalue weighted by molar-refractivity contribution is -0.113. The average molecular weight is 498 g/mol. The van der Waals surface area contributed by atoms with Crippen LogP contribution in [0.3, 0.4) is 0 Å². The molecule has 1 saturated heterocycles. The summed E-state index contributed by atoms with van der Waals surface area (Å²) in [7, 11) is 0. The maximum absolute atomic E-state index is 13.1. The van der Waals surface area contributed by atoms with Crippen LogP contribution in [0.5, 0.6) is 0 Å². The largest absolute Gasteiger partial charge is 0.328 e. The minimum Gasteiger partial charge on any atom is -0.328 e. The van der Waals surface area contributed by atoms with Gasteiger partial charge in [-0.3, -0.25) is 9.59 Å². The Hall–Kier alpha value is -2.84. The summed E-state index contributed by atoms with van der Waals surface area (Å²) < 4.78 is 2.01. The number of nitrogens with zero attached hydrogens (tertiary/aromatic N) is 4. The molecule has 1 fully saturated rings. The summed E-state index contributed by atoms with van der Waals surface area (Å²) in [6, 6.07) is 12.7. The molecular formula is C25H28ClN5O2S. The number of benzene rings is 2. The van der Waals surface area contributed by atoms with Crippen LogP contribution in [0.2, 0.25) is 5.02 Å². The van der Waals surface area contributed by atoms with Gasteiger partial charge in [-0.25, -0.2) is 0 Å². The molecule has 0 spiro atoms. The number of likely N-dealkylation sites (tertiary alicyclic amines) is 1. The minimum atomic E-state index is -0.144. The van der Waals surface area contributed by atoms with Crippen LogP contribution in [0.25, 0.3) is 0 Å². The van der Waals surface area contributed by atoms with Crippen molar-refractivity contribution in [2.24, 2.45) is 0 Å². The first-order chi connectivity index (χ1) is 16.4. The van der Waals surface area contributed by atoms with Gasteiger partial charge in [0.05, 0.1) is 11.8 Å². The van der Waals surface area contributed by atoms with Gasteiger partial charge in [0, 0.05) is 29.4 Å². The number of halogens is 1. The lowest BCUT2D eigenvalue weighted by atomic mass is 10.1. The van der Waals surface area contributed by atoms with E-state index in [1.807, 2.05) is 48.4 Å². The van der Waals surface area contributed by atoms with Gasteiger partial charge < -0.3 is 14.8 Å². The first-order valence-corrected chi connectivity index (χ1v) is 12.7. The predicted octanol–water partition coefficient (Wildman–Crippen LogP) is 5.28. The number of amides is 2. The summed E-state index contributed by atoms with van der Waals surface area (Å²) in [6.45, 7) is 7.41. The highest BCUT2D eigenvalue weighted by Crippen LogP contribution is 2.34. The molecule has 2 heterocycles. The van der Waals surface area contributed by atoms with E-state index in [2.05, 4.69) is 15.5 Å². The Balaban J connectivity index is 1.45. The zero-order valence-electron chi connectivity index (χ0n) is 19.5. The normalized spacial score (nSPS) is 15.5. The summed E-state index contributed by atoms with van der Waals surface area (Å²) in [5.41, 5.74) is 3.71. The number of thioether (sulfide) groups is 1. The van der Waals surface area contributed by atoms with Gasteiger partial charge in [0.1, 0.15) is 0 Å². The third-order valence-electron chi connectivity index (χ3n) is 6.09. The van der Waals surface area contributed by atoms with Gasteiger partial charge in [0.2, 0.25) is 5.91 Å². The highest BCUT2D eigenvalue weighted by Gasteiger charge is 2.34. The average Bonchev–Trinajstić information content (AvgIpc) is 3.46. The minimum absolute atomic E-state index is 0.0354. The zero-order valence-corrected chi connectivity index (χ0v) is 21.1. The van der Waals surface area contributed by atoms with Gasteiger partial charge in [-0.15, -0.1) is 10.2 Å². The molecule has 0 radical (unpaired) electrons. The number of nitrogens with one attached hydrogen (secondary N) is 1. The monoisotopic (exact) mass is 497 g/mol. The van der Waals surface area contributed by atoms with Gasteiger partial charge in [-0.2, -0.15) is 0 Å². The Morgan fingerprint density at radius 2 is 1.88 bits per heavy atom. The second-order valence-corrected chi connectivity index (χ2v) is 9.76. The van der Waals surface area contributed by atoms with Crippen molar-refractivity contribution in [3.05, 3.63) is 70.0 Å². The molecule has 1 atom stereocenters. The number of carbonyl (C=O) groups is 2. The topological polar surface area (TPSA) is 80.1 Å². The zero-order chi connectivity index (χ0) is 24.2. The second kappa shape index (κ2) is 10.6. The SMILES string of the molecule is CCn1c(SCC(=O)Nc2ccc(C)c(C)c2)nnc1C1CCCN1C(=O)c1ccc(Cl)cc1. The van der Waals surface area contributed by atoms with Gasteiger partial charge in [-0.05, 0) is 81.1 Å². The van der Waals surface area contributed by atoms with E-state index in [1.165, 1.54) is 17.3 Å². The van der Waals surface area contributed by atoms with E-state index in [9.17, 15) is 9.59 Å². The molecule has 7 nitrogen and oxygen atoms in total. The first kappa shape index (κ1) is 24.3. The van der Waals surface area contributed by atoms with Crippen LogP contribution in [-0.2, 0) is 11.3 Å². The fourth-order valence-corrected chi connectivity index (χ4v) is 5.07. The number of aromatic nitrogens is 3. The summed E-state index contributed by atoms with van der Waals surface area (Å²) in [5.74, 6) is 0.857. The molecule has 34 heavy (non-hydrogen) atoms. The number of aryl methyl sites for hydroxylation is 2. The number of hydrogen-bond donors (Lipinski definition) is 1. The Morgan fingerprint density at radius 1 is 1.12 bits per heavy atom. The molecule has 178 valence electrons. The Labute approximate surface area is 208 Å². The standard InChI is InChI=1S/C25H28ClN5O2S/c1-4-30-23(21-6-5-13-31(21)24(33)18-8-10-19(26)11-9-18)28-29-25(30)34-15-22(32)27-20-12-7-16(2)17(3)14-20/h7-12,14,21H,4-6,13,15H2,1-3H3,(H,27,32). The fourth-order valence-electron chi connectivity index (χ4n) is 4.13. The van der Waals surface area contributed by atoms with E-state index in [0.717, 1.165) is 29.9 Å². The molecule has 9 heteroatoms. The lowest BCUT2D eigenvalue weighted by Crippen LogP contribution is -2.32. The molecule has 1 aliphatic rings. The lowest BCUT2D eigenvalue weighted by Gasteiger charge is -2.24. The van der Waals surface area contributed by atoms with Crippen LogP contribution in [0, 0.1) is 13.8 Å². The molecule has 2 amide bonds. The second-order valence-electron chi connectivity index (χ2n) is 8.38. The van der Waals surface area contributed by atoms with Crippen LogP contribution in [0.1, 0.15) is 53.1 Å². The van der Waals surface area contributed by atoms with Crippen molar-refractivity contribution in [3.8, 4) is 0 Å². The van der Waals surface area contributed by atoms with Crippen molar-refractivity contribution in [1.29, 1.82) is 0 Å². The third-order valence-corrected chi connectivity index (χ3v) is 7.31. The maximum atomic E-state index is 13.1. The van der Waals surface area contributed by atoms with E-state index in [-0.39, 0.29) is 23.6 Å². The van der Waals surface area contributed by atoms with Crippen LogP contribution in [0.4, 0.5) is 5.69 Å². The molecule has 1 N–H and O–H groups in total. The van der Waals surface area contributed by atoms with E-state index in [0.29, 0.717) is 28.8 Å². The summed E-state index contributed by atoms with van der Waals surface area (Å²) in [6.07, 6.45) is 1.73. The number of anilines is 1. The van der Waals surface area contributed by atoms with Gasteiger partial charge >= 0.3 is 0 Å². The highest BCUT2D eigenvalue weighted by atomic mass is 35.5. The molecule has 1 unspecified atom stereocenters. The molecule has 0 bridgehead atoms. The molecule has 0 aliphatic carbocycles. The van der Waals surface area contributed by atoms with Crippen molar-refractivity contribution >= 4 is 40.9 Å². The van der Waals surface area contributed by atoms with Gasteiger partial charge in [0.15, 0.2) is 11.0 Å². The molecule has 1 aromatic heterocycles. The van der Waals surface area contributed by atoms with E-state index < -0.39 is 0 Å². The van der Waals surface area contributed by atoms with Crippen molar-refractivity contribution in [1.82, 2.24) is 19.7 Å². The van der Waals surface area contributed by atoms with Crippen molar-refractivity contribution in [2.45, 2.75) is 51.4 Å². The van der Waals surface area contributed by atoms with E-state index >= 15 is 0 Å². The summed E-state index contributed by atoms with van der Waals surface area (Å²) in [4.78, 5) is 27.5.